The maximum absolute atomic E-state index is 13.2. The van der Waals surface area contributed by atoms with Crippen LogP contribution in [0.25, 0.3) is 10.8 Å². The summed E-state index contributed by atoms with van der Waals surface area (Å²) in [6.45, 7) is 1.77. The van der Waals surface area contributed by atoms with Gasteiger partial charge in [0, 0.05) is 5.39 Å². The fraction of sp³-hybridized carbons (Fsp3) is 0.267. The number of esters is 1. The van der Waals surface area contributed by atoms with Crippen molar-refractivity contribution in [3.8, 4) is 5.75 Å². The van der Waals surface area contributed by atoms with Crippen LogP contribution < -0.4 is 4.74 Å². The number of fused-ring (bicyclic) bond motifs is 1. The minimum Gasteiger partial charge on any atom is -0.492 e. The Hall–Kier alpha value is -2.24. The molecule has 0 saturated heterocycles. The molecule has 0 aromatic heterocycles. The Morgan fingerprint density at radius 2 is 1.90 bits per heavy atom. The molecular formula is C15H13F3O3. The second-order valence-corrected chi connectivity index (χ2v) is 4.27. The minimum absolute atomic E-state index is 0.102. The van der Waals surface area contributed by atoms with Gasteiger partial charge in [0.25, 0.3) is 0 Å². The van der Waals surface area contributed by atoms with E-state index in [4.69, 9.17) is 4.74 Å². The fourth-order valence-corrected chi connectivity index (χ4v) is 2.14. The molecule has 0 amide bonds. The summed E-state index contributed by atoms with van der Waals surface area (Å²) in [5.74, 6) is -1.17. The van der Waals surface area contributed by atoms with Crippen molar-refractivity contribution in [2.45, 2.75) is 13.1 Å². The first-order valence-corrected chi connectivity index (χ1v) is 6.24. The number of ether oxygens (including phenoxy) is 2. The van der Waals surface area contributed by atoms with Gasteiger partial charge in [0.15, 0.2) is 0 Å². The molecule has 0 saturated carbocycles. The predicted octanol–water partition coefficient (Wildman–Crippen LogP) is 4.04. The Bertz CT molecular complexity index is 678. The highest BCUT2D eigenvalue weighted by molar-refractivity contribution is 6.03. The van der Waals surface area contributed by atoms with Crippen LogP contribution in [0.15, 0.2) is 30.3 Å². The van der Waals surface area contributed by atoms with Crippen LogP contribution in [0, 0.1) is 0 Å². The Morgan fingerprint density at radius 3 is 2.48 bits per heavy atom. The van der Waals surface area contributed by atoms with Gasteiger partial charge in [-0.05, 0) is 18.4 Å². The van der Waals surface area contributed by atoms with E-state index in [1.54, 1.807) is 25.1 Å². The van der Waals surface area contributed by atoms with E-state index in [2.05, 4.69) is 4.74 Å². The number of benzene rings is 2. The smallest absolute Gasteiger partial charge is 0.417 e. The third-order valence-corrected chi connectivity index (χ3v) is 2.99. The standard InChI is InChI=1S/C15H13F3O3/c1-3-21-13-10-7-5-4-6-9(10)8-11(15(16,17)18)12(13)14(19)20-2/h4-8H,3H2,1-2H3. The number of carbonyl (C=O) groups excluding carboxylic acids is 1. The normalized spacial score (nSPS) is 11.5. The van der Waals surface area contributed by atoms with Gasteiger partial charge in [-0.1, -0.05) is 24.3 Å². The summed E-state index contributed by atoms with van der Waals surface area (Å²) >= 11 is 0. The van der Waals surface area contributed by atoms with Crippen molar-refractivity contribution in [3.05, 3.63) is 41.5 Å². The van der Waals surface area contributed by atoms with Gasteiger partial charge in [0.2, 0.25) is 0 Å². The second kappa shape index (κ2) is 5.63. The molecule has 0 aliphatic heterocycles. The quantitative estimate of drug-likeness (QED) is 0.802. The summed E-state index contributed by atoms with van der Waals surface area (Å²) in [5.41, 5.74) is -1.65. The molecule has 2 rings (SSSR count). The van der Waals surface area contributed by atoms with Gasteiger partial charge in [-0.2, -0.15) is 13.2 Å². The van der Waals surface area contributed by atoms with Crippen LogP contribution in [-0.2, 0) is 10.9 Å². The van der Waals surface area contributed by atoms with Crippen molar-refractivity contribution in [2.75, 3.05) is 13.7 Å². The highest BCUT2D eigenvalue weighted by atomic mass is 19.4. The molecule has 2 aromatic carbocycles. The Kier molecular flexibility index (Phi) is 4.06. The molecule has 3 nitrogen and oxygen atoms in total. The number of hydrogen-bond acceptors (Lipinski definition) is 3. The van der Waals surface area contributed by atoms with Crippen LogP contribution in [0.3, 0.4) is 0 Å². The summed E-state index contributed by atoms with van der Waals surface area (Å²) < 4.78 is 49.5. The third kappa shape index (κ3) is 2.79. The van der Waals surface area contributed by atoms with Crippen LogP contribution in [0.4, 0.5) is 13.2 Å². The molecule has 0 fully saturated rings. The lowest BCUT2D eigenvalue weighted by molar-refractivity contribution is -0.138. The SMILES string of the molecule is CCOc1c(C(=O)OC)c(C(F)(F)F)cc2ccccc12. The van der Waals surface area contributed by atoms with E-state index < -0.39 is 23.3 Å². The number of carbonyl (C=O) groups is 1. The molecule has 2 aromatic rings. The van der Waals surface area contributed by atoms with Crippen LogP contribution in [0.1, 0.15) is 22.8 Å². The molecule has 6 heteroatoms. The Morgan fingerprint density at radius 1 is 1.24 bits per heavy atom. The first kappa shape index (κ1) is 15.2. The molecular weight excluding hydrogens is 285 g/mol. The van der Waals surface area contributed by atoms with Crippen LogP contribution in [-0.4, -0.2) is 19.7 Å². The first-order valence-electron chi connectivity index (χ1n) is 6.24. The van der Waals surface area contributed by atoms with E-state index in [9.17, 15) is 18.0 Å². The predicted molar refractivity (Wildman–Crippen MR) is 71.5 cm³/mol. The molecule has 0 aliphatic rings. The third-order valence-electron chi connectivity index (χ3n) is 2.99. The summed E-state index contributed by atoms with van der Waals surface area (Å²) in [4.78, 5) is 11.8. The topological polar surface area (TPSA) is 35.5 Å². The lowest BCUT2D eigenvalue weighted by atomic mass is 9.98. The Balaban J connectivity index is 2.90. The first-order chi connectivity index (χ1) is 9.90. The molecule has 0 N–H and O–H groups in total. The summed E-state index contributed by atoms with van der Waals surface area (Å²) in [6, 6.07) is 7.36. The minimum atomic E-state index is -4.68. The van der Waals surface area contributed by atoms with Gasteiger partial charge in [0.05, 0.1) is 19.3 Å². The zero-order valence-electron chi connectivity index (χ0n) is 11.5. The number of hydrogen-bond donors (Lipinski definition) is 0. The lowest BCUT2D eigenvalue weighted by Crippen LogP contribution is -2.16. The van der Waals surface area contributed by atoms with Gasteiger partial charge in [-0.3, -0.25) is 0 Å². The molecule has 0 heterocycles. The number of methoxy groups -OCH3 is 1. The second-order valence-electron chi connectivity index (χ2n) is 4.27. The zero-order valence-corrected chi connectivity index (χ0v) is 11.5. The van der Waals surface area contributed by atoms with E-state index in [-0.39, 0.29) is 12.4 Å². The molecule has 0 radical (unpaired) electrons. The molecule has 112 valence electrons. The maximum atomic E-state index is 13.2. The van der Waals surface area contributed by atoms with Crippen LogP contribution in [0.5, 0.6) is 5.75 Å². The highest BCUT2D eigenvalue weighted by Crippen LogP contribution is 2.41. The molecule has 0 bridgehead atoms. The van der Waals surface area contributed by atoms with E-state index in [1.807, 2.05) is 0 Å². The van der Waals surface area contributed by atoms with Crippen molar-refractivity contribution in [1.82, 2.24) is 0 Å². The fourth-order valence-electron chi connectivity index (χ4n) is 2.14. The van der Waals surface area contributed by atoms with Crippen LogP contribution in [0.2, 0.25) is 0 Å². The lowest BCUT2D eigenvalue weighted by Gasteiger charge is -2.18. The number of halogens is 3. The van der Waals surface area contributed by atoms with E-state index in [1.165, 1.54) is 6.07 Å². The van der Waals surface area contributed by atoms with Gasteiger partial charge in [-0.25, -0.2) is 4.79 Å². The molecule has 0 aliphatic carbocycles. The van der Waals surface area contributed by atoms with E-state index in [0.29, 0.717) is 10.8 Å². The van der Waals surface area contributed by atoms with Crippen molar-refractivity contribution < 1.29 is 27.4 Å². The van der Waals surface area contributed by atoms with Gasteiger partial charge >= 0.3 is 12.1 Å². The van der Waals surface area contributed by atoms with Gasteiger partial charge < -0.3 is 9.47 Å². The zero-order chi connectivity index (χ0) is 15.6. The highest BCUT2D eigenvalue weighted by Gasteiger charge is 2.38. The summed E-state index contributed by atoms with van der Waals surface area (Å²) in [7, 11) is 1.04. The molecule has 21 heavy (non-hydrogen) atoms. The average Bonchev–Trinajstić information content (AvgIpc) is 2.45. The van der Waals surface area contributed by atoms with Crippen molar-refractivity contribution in [3.63, 3.8) is 0 Å². The van der Waals surface area contributed by atoms with Crippen molar-refractivity contribution in [2.24, 2.45) is 0 Å². The largest absolute Gasteiger partial charge is 0.492 e. The molecule has 0 spiro atoms. The Labute approximate surface area is 119 Å². The van der Waals surface area contributed by atoms with E-state index in [0.717, 1.165) is 13.2 Å². The summed E-state index contributed by atoms with van der Waals surface area (Å²) in [5, 5.41) is 0.786. The van der Waals surface area contributed by atoms with Crippen molar-refractivity contribution >= 4 is 16.7 Å². The average molecular weight is 298 g/mol. The van der Waals surface area contributed by atoms with Crippen molar-refractivity contribution in [1.29, 1.82) is 0 Å². The van der Waals surface area contributed by atoms with Gasteiger partial charge in [0.1, 0.15) is 11.3 Å². The van der Waals surface area contributed by atoms with Crippen LogP contribution >= 0.6 is 0 Å². The van der Waals surface area contributed by atoms with Gasteiger partial charge in [-0.15, -0.1) is 0 Å². The summed E-state index contributed by atoms with van der Waals surface area (Å²) in [6.07, 6.45) is -4.68. The monoisotopic (exact) mass is 298 g/mol. The maximum Gasteiger partial charge on any atom is 0.417 e. The number of rotatable bonds is 3. The molecule has 0 atom stereocenters. The van der Waals surface area contributed by atoms with E-state index >= 15 is 0 Å². The number of alkyl halides is 3. The molecule has 0 unspecified atom stereocenters.